The van der Waals surface area contributed by atoms with Gasteiger partial charge in [0.25, 0.3) is 0 Å². The predicted octanol–water partition coefficient (Wildman–Crippen LogP) is 11.9. The molecule has 3 unspecified atom stereocenters. The first-order chi connectivity index (χ1) is 25.8. The average Bonchev–Trinajstić information content (AvgIpc) is 3.56. The second-order valence-corrected chi connectivity index (χ2v) is 24.0. The second-order valence-electron chi connectivity index (χ2n) is 19.2. The lowest BCUT2D eigenvalue weighted by Crippen LogP contribution is -2.41. The minimum Gasteiger partial charge on any atom is -0.443 e. The van der Waals surface area contributed by atoms with Gasteiger partial charge in [0.2, 0.25) is 0 Å². The maximum Gasteiger partial charge on any atom is 0.419 e. The van der Waals surface area contributed by atoms with Crippen molar-refractivity contribution in [3.8, 4) is 0 Å². The Hall–Kier alpha value is -3.99. The van der Waals surface area contributed by atoms with Gasteiger partial charge in [-0.2, -0.15) is 0 Å². The number of para-hydroxylation sites is 1. The number of aryl methyl sites for hydroxylation is 1. The van der Waals surface area contributed by atoms with Crippen LogP contribution in [-0.2, 0) is 20.3 Å². The topological polar surface area (TPSA) is 103 Å². The molecule has 5 rings (SSSR count). The molecule has 9 nitrogen and oxygen atoms in total. The van der Waals surface area contributed by atoms with Gasteiger partial charge < -0.3 is 19.0 Å². The number of benzene rings is 2. The summed E-state index contributed by atoms with van der Waals surface area (Å²) in [5, 5.41) is 11.6. The number of ether oxygens (including phenoxy) is 2. The van der Waals surface area contributed by atoms with Crippen LogP contribution in [0.25, 0.3) is 10.9 Å². The average molecular weight is 784 g/mol. The lowest BCUT2D eigenvalue weighted by molar-refractivity contribution is 0.0539. The molecule has 56 heavy (non-hydrogen) atoms. The standard InChI is InChI=1S/C46H65N3O6Si/c1-29-18-21-38(36-20-23-40(50)37(36)26-29)47-33-19-22-39(30(2)27-33)48(42(51)53-44(4,5)6)25-24-32-28-49(43(52)54-45(7,8)9)41-34(16-15-17-35(32)41)31(3)55-56(13,14)46(10,11)12/h15-19,21-22,27-29,31,40,50H,20,23-26H2,1-14H3. The molecule has 2 aromatic carbocycles. The van der Waals surface area contributed by atoms with Gasteiger partial charge >= 0.3 is 12.2 Å². The molecule has 2 aliphatic carbocycles. The molecule has 0 aliphatic heterocycles. The largest absolute Gasteiger partial charge is 0.443 e. The first kappa shape index (κ1) is 43.1. The van der Waals surface area contributed by atoms with Gasteiger partial charge in [0.1, 0.15) is 11.2 Å². The van der Waals surface area contributed by atoms with E-state index in [0.29, 0.717) is 18.9 Å². The number of nitrogens with zero attached hydrogens (tertiary/aromatic N) is 3. The fourth-order valence-corrected chi connectivity index (χ4v) is 8.66. The smallest absolute Gasteiger partial charge is 0.419 e. The van der Waals surface area contributed by atoms with Gasteiger partial charge in [-0.25, -0.2) is 14.6 Å². The van der Waals surface area contributed by atoms with Gasteiger partial charge in [-0.15, -0.1) is 0 Å². The Bertz CT molecular complexity index is 2050. The number of anilines is 1. The number of allylic oxidation sites excluding steroid dienone is 3. The lowest BCUT2D eigenvalue weighted by Gasteiger charge is -2.38. The molecular formula is C46H65N3O6Si. The number of carbonyl (C=O) groups excluding carboxylic acids is 2. The van der Waals surface area contributed by atoms with Crippen molar-refractivity contribution in [2.45, 2.75) is 150 Å². The Labute approximate surface area is 335 Å². The van der Waals surface area contributed by atoms with Crippen LogP contribution in [0, 0.1) is 12.8 Å². The molecule has 304 valence electrons. The molecule has 1 amide bonds. The Morgan fingerprint density at radius 2 is 1.70 bits per heavy atom. The summed E-state index contributed by atoms with van der Waals surface area (Å²) in [6, 6.07) is 11.9. The van der Waals surface area contributed by atoms with E-state index in [9.17, 15) is 14.7 Å². The maximum absolute atomic E-state index is 14.0. The molecule has 0 saturated carbocycles. The van der Waals surface area contributed by atoms with Crippen molar-refractivity contribution in [2.75, 3.05) is 11.4 Å². The Morgan fingerprint density at radius 3 is 2.32 bits per heavy atom. The zero-order valence-electron chi connectivity index (χ0n) is 36.3. The number of aliphatic hydroxyl groups is 1. The van der Waals surface area contributed by atoms with Gasteiger partial charge in [-0.3, -0.25) is 9.47 Å². The van der Waals surface area contributed by atoms with Crippen molar-refractivity contribution in [2.24, 2.45) is 10.9 Å². The van der Waals surface area contributed by atoms with Crippen molar-refractivity contribution >= 4 is 48.5 Å². The molecule has 0 fully saturated rings. The highest BCUT2D eigenvalue weighted by atomic mass is 28.4. The summed E-state index contributed by atoms with van der Waals surface area (Å²) >= 11 is 0. The van der Waals surface area contributed by atoms with Crippen molar-refractivity contribution in [1.29, 1.82) is 0 Å². The molecule has 10 heteroatoms. The molecule has 1 heterocycles. The number of hydrogen-bond acceptors (Lipinski definition) is 7. The maximum atomic E-state index is 14.0. The van der Waals surface area contributed by atoms with Crippen LogP contribution in [0.3, 0.4) is 0 Å². The number of aliphatic imine (C=N–C) groups is 1. The molecule has 0 spiro atoms. The van der Waals surface area contributed by atoms with Gasteiger partial charge in [0.05, 0.1) is 34.8 Å². The number of amides is 1. The number of rotatable bonds is 8. The Balaban J connectivity index is 1.53. The molecule has 1 aromatic heterocycles. The SMILES string of the molecule is Cc1cc(N=C2C=CC(C)CC3=C2CCC3O)ccc1N(CCc1cn(C(=O)OC(C)(C)C)c2c(C(C)O[Si](C)(C)C(C)(C)C)cccc12)C(=O)OC(C)(C)C. The summed E-state index contributed by atoms with van der Waals surface area (Å²) in [4.78, 5) is 34.6. The molecule has 0 saturated heterocycles. The highest BCUT2D eigenvalue weighted by molar-refractivity contribution is 6.74. The fraction of sp³-hybridized carbons (Fsp3) is 0.543. The van der Waals surface area contributed by atoms with Crippen LogP contribution in [0.5, 0.6) is 0 Å². The fourth-order valence-electron chi connectivity index (χ4n) is 7.30. The van der Waals surface area contributed by atoms with Crippen LogP contribution in [0.1, 0.15) is 118 Å². The van der Waals surface area contributed by atoms with Gasteiger partial charge in [-0.1, -0.05) is 52.0 Å². The normalized spacial score (nSPS) is 19.3. The van der Waals surface area contributed by atoms with Gasteiger partial charge in [-0.05, 0) is 152 Å². The molecule has 3 aromatic rings. The van der Waals surface area contributed by atoms with Crippen molar-refractivity contribution in [1.82, 2.24) is 4.57 Å². The highest BCUT2D eigenvalue weighted by Crippen LogP contribution is 2.42. The zero-order chi connectivity index (χ0) is 41.5. The van der Waals surface area contributed by atoms with Crippen LogP contribution in [0.2, 0.25) is 18.1 Å². The summed E-state index contributed by atoms with van der Waals surface area (Å²) < 4.78 is 20.4. The van der Waals surface area contributed by atoms with E-state index in [0.717, 1.165) is 75.1 Å². The first-order valence-corrected chi connectivity index (χ1v) is 23.1. The van der Waals surface area contributed by atoms with Gasteiger partial charge in [0, 0.05) is 23.7 Å². The predicted molar refractivity (Wildman–Crippen MR) is 231 cm³/mol. The summed E-state index contributed by atoms with van der Waals surface area (Å²) in [6.07, 6.45) is 7.32. The molecule has 0 radical (unpaired) electrons. The number of hydrogen-bond donors (Lipinski definition) is 1. The summed E-state index contributed by atoms with van der Waals surface area (Å²) in [6.45, 7) is 28.8. The van der Waals surface area contributed by atoms with E-state index >= 15 is 0 Å². The minimum absolute atomic E-state index is 0.00742. The number of carbonyl (C=O) groups is 2. The molecule has 0 bridgehead atoms. The van der Waals surface area contributed by atoms with Crippen LogP contribution in [0.4, 0.5) is 21.0 Å². The highest BCUT2D eigenvalue weighted by Gasteiger charge is 2.39. The van der Waals surface area contributed by atoms with Crippen molar-refractivity contribution in [3.05, 3.63) is 82.6 Å². The summed E-state index contributed by atoms with van der Waals surface area (Å²) in [5.41, 5.74) is 6.66. The van der Waals surface area contributed by atoms with E-state index in [-0.39, 0.29) is 11.1 Å². The lowest BCUT2D eigenvalue weighted by atomic mass is 9.99. The molecule has 2 aliphatic rings. The summed E-state index contributed by atoms with van der Waals surface area (Å²) in [5.74, 6) is 0.329. The van der Waals surface area contributed by atoms with E-state index in [1.54, 1.807) is 9.47 Å². The van der Waals surface area contributed by atoms with E-state index in [1.165, 1.54) is 0 Å². The third-order valence-corrected chi connectivity index (χ3v) is 15.6. The minimum atomic E-state index is -2.16. The van der Waals surface area contributed by atoms with Crippen LogP contribution in [0.15, 0.2) is 70.9 Å². The monoisotopic (exact) mass is 783 g/mol. The van der Waals surface area contributed by atoms with E-state index in [4.69, 9.17) is 18.9 Å². The first-order valence-electron chi connectivity index (χ1n) is 20.2. The van der Waals surface area contributed by atoms with E-state index < -0.39 is 37.8 Å². The summed E-state index contributed by atoms with van der Waals surface area (Å²) in [7, 11) is -2.16. The molecule has 3 atom stereocenters. The van der Waals surface area contributed by atoms with E-state index in [1.807, 2.05) is 91.1 Å². The molecular weight excluding hydrogens is 719 g/mol. The number of aromatic nitrogens is 1. The van der Waals surface area contributed by atoms with Crippen LogP contribution in [-0.4, -0.2) is 59.7 Å². The van der Waals surface area contributed by atoms with E-state index in [2.05, 4.69) is 59.9 Å². The Kier molecular flexibility index (Phi) is 12.4. The third-order valence-electron chi connectivity index (χ3n) is 11.1. The van der Waals surface area contributed by atoms with Crippen LogP contribution < -0.4 is 4.90 Å². The quantitative estimate of drug-likeness (QED) is 0.228. The number of aliphatic hydroxyl groups excluding tert-OH is 1. The van der Waals surface area contributed by atoms with Crippen molar-refractivity contribution in [3.63, 3.8) is 0 Å². The Morgan fingerprint density at radius 1 is 1.02 bits per heavy atom. The van der Waals surface area contributed by atoms with Crippen LogP contribution >= 0.6 is 0 Å². The molecule has 1 N–H and O–H groups in total. The zero-order valence-corrected chi connectivity index (χ0v) is 37.3. The van der Waals surface area contributed by atoms with Gasteiger partial charge in [0.15, 0.2) is 8.32 Å². The van der Waals surface area contributed by atoms with Crippen molar-refractivity contribution < 1.29 is 28.6 Å². The number of fused-ring (bicyclic) bond motifs is 1. The second kappa shape index (κ2) is 16.1. The third kappa shape index (κ3) is 9.92.